The van der Waals surface area contributed by atoms with Crippen molar-refractivity contribution in [2.75, 3.05) is 13.6 Å². The first-order valence-corrected chi connectivity index (χ1v) is 6.23. The van der Waals surface area contributed by atoms with Crippen LogP contribution in [0.2, 0.25) is 15.1 Å². The van der Waals surface area contributed by atoms with Crippen LogP contribution < -0.4 is 10.6 Å². The van der Waals surface area contributed by atoms with Gasteiger partial charge in [-0.1, -0.05) is 34.8 Å². The summed E-state index contributed by atoms with van der Waals surface area (Å²) in [5.41, 5.74) is 0.748. The van der Waals surface area contributed by atoms with Gasteiger partial charge in [-0.05, 0) is 12.1 Å². The van der Waals surface area contributed by atoms with Crippen molar-refractivity contribution in [3.8, 4) is 0 Å². The minimum Gasteiger partial charge on any atom is -0.359 e. The molecule has 0 aromatic heterocycles. The molecular formula is C11H13Cl3N2O. The lowest BCUT2D eigenvalue weighted by Gasteiger charge is -2.09. The summed E-state index contributed by atoms with van der Waals surface area (Å²) in [4.78, 5) is 11.0. The maximum absolute atomic E-state index is 11.0. The Morgan fingerprint density at radius 2 is 1.88 bits per heavy atom. The summed E-state index contributed by atoms with van der Waals surface area (Å²) in [6.07, 6.45) is 0.409. The number of nitrogens with one attached hydrogen (secondary N) is 2. The number of hydrogen-bond acceptors (Lipinski definition) is 2. The molecule has 0 saturated heterocycles. The first-order valence-electron chi connectivity index (χ1n) is 5.10. The van der Waals surface area contributed by atoms with E-state index in [9.17, 15) is 4.79 Å². The standard InChI is InChI=1S/C11H13Cl3N2O/c1-15-10(17)4-5-16-6-7-8(12)2-3-9(13)11(7)14/h2-3,16H,4-6H2,1H3,(H,15,17). The summed E-state index contributed by atoms with van der Waals surface area (Å²) < 4.78 is 0. The van der Waals surface area contributed by atoms with Crippen molar-refractivity contribution in [2.45, 2.75) is 13.0 Å². The first-order chi connectivity index (χ1) is 8.06. The van der Waals surface area contributed by atoms with Crippen LogP contribution in [-0.2, 0) is 11.3 Å². The van der Waals surface area contributed by atoms with Gasteiger partial charge in [-0.15, -0.1) is 0 Å². The van der Waals surface area contributed by atoms with Crippen molar-refractivity contribution in [2.24, 2.45) is 0 Å². The summed E-state index contributed by atoms with van der Waals surface area (Å²) in [7, 11) is 1.60. The second kappa shape index (κ2) is 7.07. The topological polar surface area (TPSA) is 41.1 Å². The minimum atomic E-state index is -0.0132. The molecule has 0 heterocycles. The molecule has 1 aromatic rings. The van der Waals surface area contributed by atoms with Crippen LogP contribution in [0.15, 0.2) is 12.1 Å². The second-order valence-corrected chi connectivity index (χ2v) is 4.61. The monoisotopic (exact) mass is 294 g/mol. The van der Waals surface area contributed by atoms with E-state index in [-0.39, 0.29) is 5.91 Å². The van der Waals surface area contributed by atoms with Crippen molar-refractivity contribution in [1.82, 2.24) is 10.6 Å². The zero-order chi connectivity index (χ0) is 12.8. The molecule has 3 nitrogen and oxygen atoms in total. The SMILES string of the molecule is CNC(=O)CCNCc1c(Cl)ccc(Cl)c1Cl. The molecular weight excluding hydrogens is 282 g/mol. The summed E-state index contributed by atoms with van der Waals surface area (Å²) >= 11 is 17.9. The Morgan fingerprint density at radius 1 is 1.24 bits per heavy atom. The molecule has 0 aliphatic heterocycles. The third-order valence-electron chi connectivity index (χ3n) is 2.25. The van der Waals surface area contributed by atoms with Crippen LogP contribution in [0.5, 0.6) is 0 Å². The van der Waals surface area contributed by atoms with Crippen LogP contribution >= 0.6 is 34.8 Å². The molecule has 0 fully saturated rings. The summed E-state index contributed by atoms with van der Waals surface area (Å²) in [5, 5.41) is 7.11. The number of carbonyl (C=O) groups excluding carboxylic acids is 1. The zero-order valence-corrected chi connectivity index (χ0v) is 11.6. The van der Waals surface area contributed by atoms with Gasteiger partial charge in [0, 0.05) is 37.1 Å². The maximum Gasteiger partial charge on any atom is 0.221 e. The fourth-order valence-electron chi connectivity index (χ4n) is 1.27. The maximum atomic E-state index is 11.0. The van der Waals surface area contributed by atoms with Crippen LogP contribution in [-0.4, -0.2) is 19.5 Å². The van der Waals surface area contributed by atoms with E-state index in [1.165, 1.54) is 0 Å². The smallest absolute Gasteiger partial charge is 0.221 e. The number of benzene rings is 1. The van der Waals surface area contributed by atoms with Gasteiger partial charge in [0.05, 0.1) is 10.0 Å². The van der Waals surface area contributed by atoms with Gasteiger partial charge in [-0.25, -0.2) is 0 Å². The Bertz CT molecular complexity index is 410. The molecule has 0 radical (unpaired) electrons. The predicted molar refractivity (Wildman–Crippen MR) is 71.9 cm³/mol. The van der Waals surface area contributed by atoms with E-state index in [0.717, 1.165) is 5.56 Å². The quantitative estimate of drug-likeness (QED) is 0.648. The highest BCUT2D eigenvalue weighted by atomic mass is 35.5. The van der Waals surface area contributed by atoms with Crippen LogP contribution in [0.3, 0.4) is 0 Å². The summed E-state index contributed by atoms with van der Waals surface area (Å²) in [5.74, 6) is -0.0132. The van der Waals surface area contributed by atoms with Gasteiger partial charge in [0.15, 0.2) is 0 Å². The van der Waals surface area contributed by atoms with E-state index >= 15 is 0 Å². The molecule has 0 aliphatic carbocycles. The Labute approximate surface area is 115 Å². The summed E-state index contributed by atoms with van der Waals surface area (Å²) in [6, 6.07) is 3.35. The molecule has 0 unspecified atom stereocenters. The molecule has 0 atom stereocenters. The molecule has 0 spiro atoms. The predicted octanol–water partition coefficient (Wildman–Crippen LogP) is 2.87. The van der Waals surface area contributed by atoms with E-state index in [4.69, 9.17) is 34.8 Å². The molecule has 1 amide bonds. The molecule has 94 valence electrons. The van der Waals surface area contributed by atoms with E-state index in [1.807, 2.05) is 0 Å². The number of rotatable bonds is 5. The van der Waals surface area contributed by atoms with Crippen molar-refractivity contribution in [1.29, 1.82) is 0 Å². The van der Waals surface area contributed by atoms with Crippen LogP contribution in [0.1, 0.15) is 12.0 Å². The lowest BCUT2D eigenvalue weighted by Crippen LogP contribution is -2.24. The van der Waals surface area contributed by atoms with Gasteiger partial charge in [0.25, 0.3) is 0 Å². The summed E-state index contributed by atoms with van der Waals surface area (Å²) in [6.45, 7) is 1.04. The van der Waals surface area contributed by atoms with Crippen LogP contribution in [0.25, 0.3) is 0 Å². The first kappa shape index (κ1) is 14.6. The highest BCUT2D eigenvalue weighted by molar-refractivity contribution is 6.44. The Kier molecular flexibility index (Phi) is 6.06. The number of amides is 1. The van der Waals surface area contributed by atoms with Crippen molar-refractivity contribution < 1.29 is 4.79 Å². The minimum absolute atomic E-state index is 0.0132. The second-order valence-electron chi connectivity index (χ2n) is 3.42. The van der Waals surface area contributed by atoms with Gasteiger partial charge >= 0.3 is 0 Å². The van der Waals surface area contributed by atoms with Crippen molar-refractivity contribution in [3.05, 3.63) is 32.8 Å². The molecule has 0 saturated carbocycles. The number of halogens is 3. The van der Waals surface area contributed by atoms with Crippen molar-refractivity contribution >= 4 is 40.7 Å². The zero-order valence-electron chi connectivity index (χ0n) is 9.32. The van der Waals surface area contributed by atoms with Gasteiger partial charge in [0.2, 0.25) is 5.91 Å². The fraction of sp³-hybridized carbons (Fsp3) is 0.364. The largest absolute Gasteiger partial charge is 0.359 e. The van der Waals surface area contributed by atoms with Gasteiger partial charge in [0.1, 0.15) is 0 Å². The van der Waals surface area contributed by atoms with Gasteiger partial charge in [-0.2, -0.15) is 0 Å². The van der Waals surface area contributed by atoms with E-state index < -0.39 is 0 Å². The Balaban J connectivity index is 2.52. The molecule has 6 heteroatoms. The highest BCUT2D eigenvalue weighted by Gasteiger charge is 2.09. The molecule has 0 bridgehead atoms. The van der Waals surface area contributed by atoms with Crippen molar-refractivity contribution in [3.63, 3.8) is 0 Å². The lowest BCUT2D eigenvalue weighted by molar-refractivity contribution is -0.120. The Morgan fingerprint density at radius 3 is 2.53 bits per heavy atom. The molecule has 17 heavy (non-hydrogen) atoms. The van der Waals surface area contributed by atoms with Crippen LogP contribution in [0.4, 0.5) is 0 Å². The molecule has 0 aliphatic rings. The fourth-order valence-corrected chi connectivity index (χ4v) is 1.95. The highest BCUT2D eigenvalue weighted by Crippen LogP contribution is 2.31. The average molecular weight is 296 g/mol. The molecule has 1 rings (SSSR count). The normalized spacial score (nSPS) is 10.4. The van der Waals surface area contributed by atoms with Gasteiger partial charge < -0.3 is 10.6 Å². The van der Waals surface area contributed by atoms with E-state index in [1.54, 1.807) is 19.2 Å². The van der Waals surface area contributed by atoms with E-state index in [2.05, 4.69) is 10.6 Å². The third-order valence-corrected chi connectivity index (χ3v) is 3.45. The van der Waals surface area contributed by atoms with Gasteiger partial charge in [-0.3, -0.25) is 4.79 Å². The molecule has 2 N–H and O–H groups in total. The number of hydrogen-bond donors (Lipinski definition) is 2. The molecule has 1 aromatic carbocycles. The average Bonchev–Trinajstić information content (AvgIpc) is 2.32. The van der Waals surface area contributed by atoms with E-state index in [0.29, 0.717) is 34.6 Å². The number of carbonyl (C=O) groups is 1. The Hall–Kier alpha value is -0.480. The lowest BCUT2D eigenvalue weighted by atomic mass is 10.2. The third kappa shape index (κ3) is 4.36. The van der Waals surface area contributed by atoms with Crippen LogP contribution in [0, 0.1) is 0 Å².